The van der Waals surface area contributed by atoms with Gasteiger partial charge in [0, 0.05) is 25.5 Å². The monoisotopic (exact) mass is 293 g/mol. The molecule has 0 atom stereocenters. The highest BCUT2D eigenvalue weighted by molar-refractivity contribution is 5.67. The number of nitrogens with one attached hydrogen (secondary N) is 1. The standard InChI is InChI=1S/C15H23N3O3/c1-2-18-9-8-16-13(14(18)21)17-11-15(10-12(19)20)6-4-3-5-7-15/h8-9H,2-7,10-11H2,1H3,(H,16,17)(H,19,20). The lowest BCUT2D eigenvalue weighted by Gasteiger charge is -2.36. The first-order chi connectivity index (χ1) is 10.1. The molecule has 6 nitrogen and oxygen atoms in total. The molecule has 0 aromatic carbocycles. The van der Waals surface area contributed by atoms with E-state index in [-0.39, 0.29) is 17.4 Å². The molecule has 1 aliphatic carbocycles. The Morgan fingerprint density at radius 2 is 2.14 bits per heavy atom. The number of anilines is 1. The Hall–Kier alpha value is -1.85. The summed E-state index contributed by atoms with van der Waals surface area (Å²) in [5.74, 6) is -0.458. The Kier molecular flexibility index (Phi) is 4.98. The molecule has 116 valence electrons. The molecule has 21 heavy (non-hydrogen) atoms. The highest BCUT2D eigenvalue weighted by Gasteiger charge is 2.34. The fourth-order valence-electron chi connectivity index (χ4n) is 3.13. The quantitative estimate of drug-likeness (QED) is 0.839. The van der Waals surface area contributed by atoms with E-state index in [2.05, 4.69) is 10.3 Å². The van der Waals surface area contributed by atoms with Gasteiger partial charge >= 0.3 is 5.97 Å². The molecule has 1 saturated carbocycles. The van der Waals surface area contributed by atoms with Crippen molar-refractivity contribution in [2.24, 2.45) is 5.41 Å². The second-order valence-corrected chi connectivity index (χ2v) is 5.85. The SMILES string of the molecule is CCn1ccnc(NCC2(CC(=O)O)CCCCC2)c1=O. The molecule has 0 saturated heterocycles. The van der Waals surface area contributed by atoms with Crippen molar-refractivity contribution in [3.63, 3.8) is 0 Å². The van der Waals surface area contributed by atoms with Gasteiger partial charge in [0.1, 0.15) is 0 Å². The van der Waals surface area contributed by atoms with Crippen molar-refractivity contribution < 1.29 is 9.90 Å². The molecule has 6 heteroatoms. The summed E-state index contributed by atoms with van der Waals surface area (Å²) in [5, 5.41) is 12.3. The lowest BCUT2D eigenvalue weighted by Crippen LogP contribution is -2.36. The Morgan fingerprint density at radius 1 is 1.43 bits per heavy atom. The van der Waals surface area contributed by atoms with Gasteiger partial charge in [0.05, 0.1) is 6.42 Å². The zero-order valence-electron chi connectivity index (χ0n) is 12.5. The number of aryl methyl sites for hydroxylation is 1. The van der Waals surface area contributed by atoms with Crippen molar-refractivity contribution in [2.45, 2.75) is 52.0 Å². The van der Waals surface area contributed by atoms with Crippen LogP contribution in [0.4, 0.5) is 5.82 Å². The number of aliphatic carboxylic acids is 1. The fourth-order valence-corrected chi connectivity index (χ4v) is 3.13. The minimum atomic E-state index is -0.773. The first-order valence-corrected chi connectivity index (χ1v) is 7.57. The number of carboxylic acid groups (broad SMARTS) is 1. The van der Waals surface area contributed by atoms with Gasteiger partial charge in [0.15, 0.2) is 5.82 Å². The topological polar surface area (TPSA) is 84.2 Å². The lowest BCUT2D eigenvalue weighted by atomic mass is 9.72. The molecule has 0 bridgehead atoms. The third-order valence-corrected chi connectivity index (χ3v) is 4.33. The molecule has 0 amide bonds. The van der Waals surface area contributed by atoms with Crippen molar-refractivity contribution in [3.05, 3.63) is 22.7 Å². The second-order valence-electron chi connectivity index (χ2n) is 5.85. The Labute approximate surface area is 124 Å². The normalized spacial score (nSPS) is 17.4. The molecule has 1 aromatic rings. The molecule has 1 heterocycles. The van der Waals surface area contributed by atoms with Crippen LogP contribution < -0.4 is 10.9 Å². The minimum absolute atomic E-state index is 0.148. The van der Waals surface area contributed by atoms with Crippen LogP contribution in [0.15, 0.2) is 17.2 Å². The van der Waals surface area contributed by atoms with Crippen LogP contribution in [0.25, 0.3) is 0 Å². The van der Waals surface area contributed by atoms with E-state index in [1.807, 2.05) is 6.92 Å². The summed E-state index contributed by atoms with van der Waals surface area (Å²) in [7, 11) is 0. The summed E-state index contributed by atoms with van der Waals surface area (Å²) >= 11 is 0. The van der Waals surface area contributed by atoms with Crippen molar-refractivity contribution in [2.75, 3.05) is 11.9 Å². The molecular formula is C15H23N3O3. The molecule has 1 aromatic heterocycles. The average Bonchev–Trinajstić information content (AvgIpc) is 2.46. The Balaban J connectivity index is 2.11. The van der Waals surface area contributed by atoms with Crippen LogP contribution in [-0.4, -0.2) is 27.2 Å². The summed E-state index contributed by atoms with van der Waals surface area (Å²) in [6, 6.07) is 0. The van der Waals surface area contributed by atoms with Gasteiger partial charge in [-0.3, -0.25) is 9.59 Å². The summed E-state index contributed by atoms with van der Waals surface area (Å²) in [6.45, 7) is 2.99. The average molecular weight is 293 g/mol. The lowest BCUT2D eigenvalue weighted by molar-refractivity contribution is -0.140. The van der Waals surface area contributed by atoms with Crippen molar-refractivity contribution in [1.82, 2.24) is 9.55 Å². The van der Waals surface area contributed by atoms with Crippen LogP contribution in [-0.2, 0) is 11.3 Å². The van der Waals surface area contributed by atoms with Gasteiger partial charge in [-0.1, -0.05) is 19.3 Å². The van der Waals surface area contributed by atoms with Crippen molar-refractivity contribution >= 4 is 11.8 Å². The number of hydrogen-bond donors (Lipinski definition) is 2. The summed E-state index contributed by atoms with van der Waals surface area (Å²) in [5.41, 5.74) is -0.410. The number of carbonyl (C=O) groups is 1. The first kappa shape index (κ1) is 15.5. The molecule has 0 aliphatic heterocycles. The number of carboxylic acids is 1. The maximum Gasteiger partial charge on any atom is 0.303 e. The van der Waals surface area contributed by atoms with Crippen LogP contribution in [0.2, 0.25) is 0 Å². The number of rotatable bonds is 6. The van der Waals surface area contributed by atoms with E-state index >= 15 is 0 Å². The van der Waals surface area contributed by atoms with Gasteiger partial charge in [-0.25, -0.2) is 4.98 Å². The Morgan fingerprint density at radius 3 is 2.76 bits per heavy atom. The van der Waals surface area contributed by atoms with E-state index in [0.717, 1.165) is 32.1 Å². The molecule has 2 rings (SSSR count). The van der Waals surface area contributed by atoms with Gasteiger partial charge in [0.25, 0.3) is 5.56 Å². The van der Waals surface area contributed by atoms with Crippen LogP contribution in [0, 0.1) is 5.41 Å². The molecular weight excluding hydrogens is 270 g/mol. The molecule has 0 unspecified atom stereocenters. The first-order valence-electron chi connectivity index (χ1n) is 7.57. The molecule has 0 radical (unpaired) electrons. The fraction of sp³-hybridized carbons (Fsp3) is 0.667. The molecule has 0 spiro atoms. The van der Waals surface area contributed by atoms with Crippen LogP contribution in [0.1, 0.15) is 45.4 Å². The van der Waals surface area contributed by atoms with E-state index in [4.69, 9.17) is 5.11 Å². The van der Waals surface area contributed by atoms with Crippen LogP contribution >= 0.6 is 0 Å². The molecule has 1 fully saturated rings. The predicted molar refractivity (Wildman–Crippen MR) is 80.4 cm³/mol. The van der Waals surface area contributed by atoms with Gasteiger partial charge in [0.2, 0.25) is 0 Å². The van der Waals surface area contributed by atoms with Gasteiger partial charge < -0.3 is 15.0 Å². The zero-order chi connectivity index (χ0) is 15.3. The largest absolute Gasteiger partial charge is 0.481 e. The smallest absolute Gasteiger partial charge is 0.303 e. The maximum atomic E-state index is 12.1. The highest BCUT2D eigenvalue weighted by atomic mass is 16.4. The minimum Gasteiger partial charge on any atom is -0.481 e. The van der Waals surface area contributed by atoms with Crippen molar-refractivity contribution in [3.8, 4) is 0 Å². The highest BCUT2D eigenvalue weighted by Crippen LogP contribution is 2.39. The van der Waals surface area contributed by atoms with Crippen LogP contribution in [0.3, 0.4) is 0 Å². The van der Waals surface area contributed by atoms with E-state index in [0.29, 0.717) is 18.9 Å². The molecule has 1 aliphatic rings. The van der Waals surface area contributed by atoms with Gasteiger partial charge in [-0.15, -0.1) is 0 Å². The second kappa shape index (κ2) is 6.74. The predicted octanol–water partition coefficient (Wildman–Crippen LogP) is 2.10. The summed E-state index contributed by atoms with van der Waals surface area (Å²) in [4.78, 5) is 27.4. The summed E-state index contributed by atoms with van der Waals surface area (Å²) in [6.07, 6.45) is 8.44. The third-order valence-electron chi connectivity index (χ3n) is 4.33. The van der Waals surface area contributed by atoms with E-state index in [1.165, 1.54) is 0 Å². The number of hydrogen-bond acceptors (Lipinski definition) is 4. The van der Waals surface area contributed by atoms with Gasteiger partial charge in [-0.2, -0.15) is 0 Å². The third kappa shape index (κ3) is 3.83. The maximum absolute atomic E-state index is 12.1. The Bertz CT molecular complexity index is 547. The van der Waals surface area contributed by atoms with E-state index in [9.17, 15) is 9.59 Å². The number of aromatic nitrogens is 2. The number of nitrogens with zero attached hydrogens (tertiary/aromatic N) is 2. The van der Waals surface area contributed by atoms with Crippen molar-refractivity contribution in [1.29, 1.82) is 0 Å². The van der Waals surface area contributed by atoms with E-state index < -0.39 is 5.97 Å². The van der Waals surface area contributed by atoms with Crippen LogP contribution in [0.5, 0.6) is 0 Å². The molecule has 2 N–H and O–H groups in total. The van der Waals surface area contributed by atoms with Gasteiger partial charge in [-0.05, 0) is 25.2 Å². The zero-order valence-corrected chi connectivity index (χ0v) is 12.5. The summed E-state index contributed by atoms with van der Waals surface area (Å²) < 4.78 is 1.58. The van der Waals surface area contributed by atoms with E-state index in [1.54, 1.807) is 17.0 Å².